The number of allylic oxidation sites excluding steroid dienone is 1. The van der Waals surface area contributed by atoms with Gasteiger partial charge >= 0.3 is 5.97 Å². The summed E-state index contributed by atoms with van der Waals surface area (Å²) < 4.78 is 10.7. The molecule has 0 saturated heterocycles. The standard InChI is InChI=1S/C29H27Cl2N7O6/c1-17-10-20(37-44-17)13-33-29(35-16-32)34-14-23(28(41)42)36-26(39)12-22(31)21-7-9-38(15-19(21)6-8-30)27(40)25-11-18-4-2-3-5-24(18)43-25/h2-6,8,10-12,23H,7,9,13-15H2,1H3,(H,36,39)(H,41,42)(H2,33,34,35)/t23-/m0/s1. The average Bonchev–Trinajstić information content (AvgIpc) is 3.63. The number of aliphatic carboxylic acids is 1. The minimum absolute atomic E-state index is 0.0196. The van der Waals surface area contributed by atoms with Crippen LogP contribution < -0.4 is 16.0 Å². The number of carbonyl (C=O) groups is 3. The van der Waals surface area contributed by atoms with Crippen LogP contribution in [0.5, 0.6) is 0 Å². The summed E-state index contributed by atoms with van der Waals surface area (Å²) in [7, 11) is 0. The van der Waals surface area contributed by atoms with E-state index in [0.29, 0.717) is 41.1 Å². The van der Waals surface area contributed by atoms with Crippen LogP contribution in [-0.2, 0) is 16.1 Å². The van der Waals surface area contributed by atoms with Crippen LogP contribution >= 0.6 is 23.2 Å². The maximum atomic E-state index is 13.2. The molecule has 0 radical (unpaired) electrons. The second-order valence-corrected chi connectivity index (χ2v) is 10.2. The van der Waals surface area contributed by atoms with Gasteiger partial charge in [0.15, 0.2) is 12.0 Å². The Morgan fingerprint density at radius 2 is 2.09 bits per heavy atom. The molecule has 44 heavy (non-hydrogen) atoms. The van der Waals surface area contributed by atoms with Gasteiger partial charge in [0.05, 0.1) is 6.54 Å². The number of aliphatic imine (C=N–C) groups is 1. The lowest BCUT2D eigenvalue weighted by atomic mass is 9.98. The van der Waals surface area contributed by atoms with Gasteiger partial charge in [-0.15, -0.1) is 0 Å². The number of halogens is 2. The normalized spacial score (nSPS) is 14.9. The third-order valence-electron chi connectivity index (χ3n) is 6.45. The van der Waals surface area contributed by atoms with Crippen molar-refractivity contribution in [2.75, 3.05) is 19.6 Å². The van der Waals surface area contributed by atoms with Crippen molar-refractivity contribution in [2.24, 2.45) is 4.99 Å². The maximum absolute atomic E-state index is 13.2. The summed E-state index contributed by atoms with van der Waals surface area (Å²) in [5.74, 6) is -1.64. The first-order chi connectivity index (χ1) is 21.2. The SMILES string of the molecule is Cc1cc(CN=C(NC#N)NC[C@H](NC(=O)C=C(Cl)C2=C(C=CCl)CN(C(=O)c3cc4ccccc4o3)CC2)C(=O)O)no1. The summed E-state index contributed by atoms with van der Waals surface area (Å²) in [6.45, 7) is 1.92. The Bertz CT molecular complexity index is 1680. The molecule has 0 bridgehead atoms. The van der Waals surface area contributed by atoms with Crippen LogP contribution in [0.4, 0.5) is 0 Å². The van der Waals surface area contributed by atoms with Crippen molar-refractivity contribution < 1.29 is 28.4 Å². The Morgan fingerprint density at radius 1 is 1.30 bits per heavy atom. The first-order valence-corrected chi connectivity index (χ1v) is 14.0. The lowest BCUT2D eigenvalue weighted by molar-refractivity contribution is -0.141. The number of nitrogens with one attached hydrogen (secondary N) is 3. The number of fused-ring (bicyclic) bond motifs is 1. The van der Waals surface area contributed by atoms with Crippen molar-refractivity contribution in [1.82, 2.24) is 26.0 Å². The fraction of sp³-hybridized carbons (Fsp3) is 0.241. The zero-order valence-corrected chi connectivity index (χ0v) is 24.9. The molecule has 1 aliphatic heterocycles. The molecule has 1 atom stereocenters. The molecule has 3 aromatic rings. The number of para-hydroxylation sites is 1. The van der Waals surface area contributed by atoms with Crippen LogP contribution in [0.15, 0.2) is 84.2 Å². The number of aryl methyl sites for hydroxylation is 1. The molecule has 15 heteroatoms. The summed E-state index contributed by atoms with van der Waals surface area (Å²) >= 11 is 12.4. The van der Waals surface area contributed by atoms with Crippen molar-refractivity contribution in [2.45, 2.75) is 25.9 Å². The lowest BCUT2D eigenvalue weighted by Gasteiger charge is -2.29. The van der Waals surface area contributed by atoms with Gasteiger partial charge in [0.25, 0.3) is 5.91 Å². The highest BCUT2D eigenvalue weighted by molar-refractivity contribution is 6.33. The third kappa shape index (κ3) is 8.27. The number of hydrogen-bond donors (Lipinski definition) is 4. The number of carboxylic acid groups (broad SMARTS) is 1. The van der Waals surface area contributed by atoms with Gasteiger partial charge in [-0.1, -0.05) is 46.6 Å². The van der Waals surface area contributed by atoms with E-state index in [1.165, 1.54) is 5.54 Å². The van der Waals surface area contributed by atoms with Gasteiger partial charge in [0, 0.05) is 47.7 Å². The van der Waals surface area contributed by atoms with Gasteiger partial charge in [0.2, 0.25) is 11.9 Å². The van der Waals surface area contributed by atoms with Gasteiger partial charge in [0.1, 0.15) is 23.1 Å². The number of furan rings is 1. The summed E-state index contributed by atoms with van der Waals surface area (Å²) in [6.07, 6.45) is 4.66. The van der Waals surface area contributed by atoms with Gasteiger partial charge in [-0.2, -0.15) is 5.26 Å². The highest BCUT2D eigenvalue weighted by Crippen LogP contribution is 2.30. The second-order valence-electron chi connectivity index (χ2n) is 9.52. The molecule has 228 valence electrons. The number of carbonyl (C=O) groups excluding carboxylic acids is 2. The van der Waals surface area contributed by atoms with E-state index < -0.39 is 17.9 Å². The van der Waals surface area contributed by atoms with Crippen molar-refractivity contribution in [3.63, 3.8) is 0 Å². The Morgan fingerprint density at radius 3 is 2.77 bits per heavy atom. The fourth-order valence-corrected chi connectivity index (χ4v) is 4.83. The van der Waals surface area contributed by atoms with Crippen molar-refractivity contribution in [3.05, 3.63) is 87.5 Å². The molecule has 0 fully saturated rings. The van der Waals surface area contributed by atoms with Crippen LogP contribution in [0.2, 0.25) is 0 Å². The number of carboxylic acids is 1. The number of guanidine groups is 1. The summed E-state index contributed by atoms with van der Waals surface area (Å²) in [6, 6.07) is 9.24. The number of benzene rings is 1. The Labute approximate surface area is 261 Å². The summed E-state index contributed by atoms with van der Waals surface area (Å²) in [4.78, 5) is 43.5. The fourth-order valence-electron chi connectivity index (χ4n) is 4.37. The lowest BCUT2D eigenvalue weighted by Crippen LogP contribution is -2.50. The zero-order chi connectivity index (χ0) is 31.6. The molecule has 0 unspecified atom stereocenters. The number of aromatic nitrogens is 1. The molecule has 2 aromatic heterocycles. The van der Waals surface area contributed by atoms with Gasteiger partial charge < -0.3 is 29.6 Å². The molecule has 1 aromatic carbocycles. The van der Waals surface area contributed by atoms with Gasteiger partial charge in [-0.05, 0) is 42.7 Å². The molecule has 2 amide bonds. The third-order valence-corrected chi connectivity index (χ3v) is 6.92. The smallest absolute Gasteiger partial charge is 0.328 e. The first kappa shape index (κ1) is 31.9. The van der Waals surface area contributed by atoms with Crippen LogP contribution in [-0.4, -0.2) is 64.6 Å². The minimum atomic E-state index is -1.40. The first-order valence-electron chi connectivity index (χ1n) is 13.2. The van der Waals surface area contributed by atoms with Crippen LogP contribution in [0.25, 0.3) is 11.0 Å². The Hall–Kier alpha value is -5.06. The van der Waals surface area contributed by atoms with Crippen molar-refractivity contribution >= 4 is 57.9 Å². The van der Waals surface area contributed by atoms with Crippen LogP contribution in [0, 0.1) is 18.4 Å². The average molecular weight is 640 g/mol. The monoisotopic (exact) mass is 639 g/mol. The van der Waals surface area contributed by atoms with Gasteiger partial charge in [-0.25, -0.2) is 9.79 Å². The Kier molecular flexibility index (Phi) is 10.8. The number of amides is 2. The van der Waals surface area contributed by atoms with E-state index in [1.807, 2.05) is 18.2 Å². The van der Waals surface area contributed by atoms with E-state index in [-0.39, 0.29) is 42.3 Å². The van der Waals surface area contributed by atoms with Crippen molar-refractivity contribution in [1.29, 1.82) is 5.26 Å². The summed E-state index contributed by atoms with van der Waals surface area (Å²) in [5.41, 5.74) is 3.56. The maximum Gasteiger partial charge on any atom is 0.328 e. The molecule has 4 N–H and O–H groups in total. The molecule has 4 rings (SSSR count). The van der Waals surface area contributed by atoms with E-state index in [1.54, 1.807) is 42.3 Å². The largest absolute Gasteiger partial charge is 0.480 e. The number of nitriles is 1. The summed E-state index contributed by atoms with van der Waals surface area (Å²) in [5, 5.41) is 30.7. The molecule has 0 saturated carbocycles. The molecular formula is C29H27Cl2N7O6. The topological polar surface area (TPSA) is 186 Å². The quantitative estimate of drug-likeness (QED) is 0.0840. The van der Waals surface area contributed by atoms with E-state index in [2.05, 4.69) is 26.1 Å². The molecule has 3 heterocycles. The van der Waals surface area contributed by atoms with E-state index in [9.17, 15) is 19.5 Å². The highest BCUT2D eigenvalue weighted by atomic mass is 35.5. The molecule has 0 spiro atoms. The number of rotatable bonds is 10. The molecule has 13 nitrogen and oxygen atoms in total. The molecule has 1 aliphatic rings. The predicted molar refractivity (Wildman–Crippen MR) is 161 cm³/mol. The molecule has 0 aliphatic carbocycles. The highest BCUT2D eigenvalue weighted by Gasteiger charge is 2.27. The van der Waals surface area contributed by atoms with E-state index in [4.69, 9.17) is 37.4 Å². The van der Waals surface area contributed by atoms with Crippen molar-refractivity contribution in [3.8, 4) is 6.19 Å². The zero-order valence-electron chi connectivity index (χ0n) is 23.3. The van der Waals surface area contributed by atoms with E-state index in [0.717, 1.165) is 11.5 Å². The Balaban J connectivity index is 1.42. The van der Waals surface area contributed by atoms with Gasteiger partial charge in [-0.3, -0.25) is 14.9 Å². The minimum Gasteiger partial charge on any atom is -0.480 e. The van der Waals surface area contributed by atoms with Crippen LogP contribution in [0.3, 0.4) is 0 Å². The predicted octanol–water partition coefficient (Wildman–Crippen LogP) is 3.53. The number of nitrogens with zero attached hydrogens (tertiary/aromatic N) is 4. The number of hydrogen-bond acceptors (Lipinski definition) is 8. The second kappa shape index (κ2) is 14.9. The van der Waals surface area contributed by atoms with Crippen LogP contribution in [0.1, 0.15) is 28.4 Å². The molecular weight excluding hydrogens is 613 g/mol. The van der Waals surface area contributed by atoms with E-state index >= 15 is 0 Å².